The van der Waals surface area contributed by atoms with Crippen molar-refractivity contribution in [2.45, 2.75) is 52.5 Å². The van der Waals surface area contributed by atoms with Gasteiger partial charge in [0.25, 0.3) is 0 Å². The number of halogens is 1. The van der Waals surface area contributed by atoms with Gasteiger partial charge in [-0.25, -0.2) is 0 Å². The molecule has 2 unspecified atom stereocenters. The highest BCUT2D eigenvalue weighted by Crippen LogP contribution is 2.33. The minimum absolute atomic E-state index is 0.607. The molecule has 2 atom stereocenters. The lowest BCUT2D eigenvalue weighted by atomic mass is 9.77. The molecule has 1 aliphatic carbocycles. The van der Waals surface area contributed by atoms with Gasteiger partial charge >= 0.3 is 0 Å². The molecule has 0 bridgehead atoms. The van der Waals surface area contributed by atoms with Crippen LogP contribution in [0, 0.1) is 18.8 Å². The summed E-state index contributed by atoms with van der Waals surface area (Å²) in [4.78, 5) is 0. The van der Waals surface area contributed by atoms with Gasteiger partial charge in [0.2, 0.25) is 0 Å². The third kappa shape index (κ3) is 3.00. The summed E-state index contributed by atoms with van der Waals surface area (Å²) in [5.74, 6) is 1.54. The lowest BCUT2D eigenvalue weighted by Gasteiger charge is -2.36. The second-order valence-electron chi connectivity index (χ2n) is 5.86. The van der Waals surface area contributed by atoms with E-state index in [0.717, 1.165) is 16.9 Å². The van der Waals surface area contributed by atoms with Crippen molar-refractivity contribution in [3.63, 3.8) is 0 Å². The van der Waals surface area contributed by atoms with Crippen molar-refractivity contribution in [3.05, 3.63) is 28.8 Å². The summed E-state index contributed by atoms with van der Waals surface area (Å²) in [7, 11) is 0. The van der Waals surface area contributed by atoms with E-state index in [2.05, 4.69) is 32.2 Å². The fraction of sp³-hybridized carbons (Fsp3) is 0.625. The summed E-state index contributed by atoms with van der Waals surface area (Å²) in [5.41, 5.74) is 2.38. The summed E-state index contributed by atoms with van der Waals surface area (Å²) in [6.07, 6.45) is 5.37. The zero-order valence-corrected chi connectivity index (χ0v) is 12.4. The molecule has 1 nitrogen and oxygen atoms in total. The van der Waals surface area contributed by atoms with Crippen LogP contribution < -0.4 is 5.32 Å². The van der Waals surface area contributed by atoms with Crippen LogP contribution >= 0.6 is 11.6 Å². The predicted molar refractivity (Wildman–Crippen MR) is 80.4 cm³/mol. The van der Waals surface area contributed by atoms with Crippen LogP contribution in [0.5, 0.6) is 0 Å². The monoisotopic (exact) mass is 265 g/mol. The molecule has 1 fully saturated rings. The molecule has 0 amide bonds. The topological polar surface area (TPSA) is 12.0 Å². The Balaban J connectivity index is 2.13. The summed E-state index contributed by atoms with van der Waals surface area (Å²) < 4.78 is 0. The molecule has 0 saturated heterocycles. The molecule has 1 saturated carbocycles. The zero-order chi connectivity index (χ0) is 13.1. The van der Waals surface area contributed by atoms with Gasteiger partial charge < -0.3 is 5.32 Å². The average molecular weight is 266 g/mol. The molecule has 1 aromatic carbocycles. The SMILES string of the molecule is Cc1c(Cl)cccc1NC1CCCCC1C(C)C. The smallest absolute Gasteiger partial charge is 0.0455 e. The summed E-state index contributed by atoms with van der Waals surface area (Å²) >= 11 is 6.19. The maximum atomic E-state index is 6.19. The average Bonchev–Trinajstić information content (AvgIpc) is 2.35. The van der Waals surface area contributed by atoms with Gasteiger partial charge in [0.05, 0.1) is 0 Å². The van der Waals surface area contributed by atoms with E-state index in [1.165, 1.54) is 36.9 Å². The predicted octanol–water partition coefficient (Wildman–Crippen LogP) is 5.28. The largest absolute Gasteiger partial charge is 0.382 e. The Bertz CT molecular complexity index is 400. The normalized spacial score (nSPS) is 24.3. The quantitative estimate of drug-likeness (QED) is 0.785. The molecule has 2 rings (SSSR count). The van der Waals surface area contributed by atoms with Crippen molar-refractivity contribution >= 4 is 17.3 Å². The number of rotatable bonds is 3. The van der Waals surface area contributed by atoms with Gasteiger partial charge in [0, 0.05) is 16.8 Å². The van der Waals surface area contributed by atoms with Crippen LogP contribution in [-0.2, 0) is 0 Å². The van der Waals surface area contributed by atoms with E-state index in [1.807, 2.05) is 12.1 Å². The van der Waals surface area contributed by atoms with E-state index in [0.29, 0.717) is 6.04 Å². The maximum absolute atomic E-state index is 6.19. The highest BCUT2D eigenvalue weighted by atomic mass is 35.5. The van der Waals surface area contributed by atoms with Gasteiger partial charge in [-0.05, 0) is 49.3 Å². The van der Waals surface area contributed by atoms with E-state index < -0.39 is 0 Å². The fourth-order valence-electron chi connectivity index (χ4n) is 3.10. The Hall–Kier alpha value is -0.690. The number of benzene rings is 1. The Morgan fingerprint density at radius 2 is 1.94 bits per heavy atom. The molecule has 1 aliphatic rings. The van der Waals surface area contributed by atoms with Crippen LogP contribution in [-0.4, -0.2) is 6.04 Å². The first-order chi connectivity index (χ1) is 8.59. The van der Waals surface area contributed by atoms with E-state index in [-0.39, 0.29) is 0 Å². The van der Waals surface area contributed by atoms with Crippen LogP contribution in [0.25, 0.3) is 0 Å². The lowest BCUT2D eigenvalue weighted by Crippen LogP contribution is -2.35. The highest BCUT2D eigenvalue weighted by Gasteiger charge is 2.27. The Morgan fingerprint density at radius 1 is 1.22 bits per heavy atom. The minimum Gasteiger partial charge on any atom is -0.382 e. The van der Waals surface area contributed by atoms with Crippen LogP contribution in [0.3, 0.4) is 0 Å². The summed E-state index contributed by atoms with van der Waals surface area (Å²) in [6, 6.07) is 6.75. The lowest BCUT2D eigenvalue weighted by molar-refractivity contribution is 0.254. The third-order valence-electron chi connectivity index (χ3n) is 4.28. The summed E-state index contributed by atoms with van der Waals surface area (Å²) in [5, 5.41) is 4.60. The maximum Gasteiger partial charge on any atom is 0.0455 e. The zero-order valence-electron chi connectivity index (χ0n) is 11.7. The Morgan fingerprint density at radius 3 is 2.67 bits per heavy atom. The minimum atomic E-state index is 0.607. The molecular weight excluding hydrogens is 242 g/mol. The third-order valence-corrected chi connectivity index (χ3v) is 4.69. The van der Waals surface area contributed by atoms with E-state index in [9.17, 15) is 0 Å². The van der Waals surface area contributed by atoms with Gasteiger partial charge in [-0.2, -0.15) is 0 Å². The first kappa shape index (κ1) is 13.7. The molecule has 1 N–H and O–H groups in total. The van der Waals surface area contributed by atoms with Crippen LogP contribution in [0.1, 0.15) is 45.1 Å². The molecule has 0 radical (unpaired) electrons. The van der Waals surface area contributed by atoms with E-state index >= 15 is 0 Å². The molecule has 100 valence electrons. The fourth-order valence-corrected chi connectivity index (χ4v) is 3.27. The Kier molecular flexibility index (Phi) is 4.55. The van der Waals surface area contributed by atoms with Crippen molar-refractivity contribution < 1.29 is 0 Å². The molecular formula is C16H24ClN. The Labute approximate surface area is 116 Å². The van der Waals surface area contributed by atoms with E-state index in [1.54, 1.807) is 0 Å². The first-order valence-electron chi connectivity index (χ1n) is 7.11. The molecule has 2 heteroatoms. The second-order valence-corrected chi connectivity index (χ2v) is 6.26. The molecule has 0 aliphatic heterocycles. The van der Waals surface area contributed by atoms with Gasteiger partial charge in [-0.1, -0.05) is 44.4 Å². The van der Waals surface area contributed by atoms with Gasteiger partial charge in [0.1, 0.15) is 0 Å². The molecule has 0 heterocycles. The van der Waals surface area contributed by atoms with Crippen LogP contribution in [0.2, 0.25) is 5.02 Å². The van der Waals surface area contributed by atoms with Crippen molar-refractivity contribution in [2.24, 2.45) is 11.8 Å². The van der Waals surface area contributed by atoms with Crippen LogP contribution in [0.15, 0.2) is 18.2 Å². The molecule has 1 aromatic rings. The van der Waals surface area contributed by atoms with Crippen molar-refractivity contribution in [3.8, 4) is 0 Å². The van der Waals surface area contributed by atoms with Gasteiger partial charge in [-0.15, -0.1) is 0 Å². The number of hydrogen-bond donors (Lipinski definition) is 1. The standard InChI is InChI=1S/C16H24ClN/c1-11(2)13-7-4-5-9-16(13)18-15-10-6-8-14(17)12(15)3/h6,8,10-11,13,16,18H,4-5,7,9H2,1-3H3. The van der Waals surface area contributed by atoms with Gasteiger partial charge in [-0.3, -0.25) is 0 Å². The first-order valence-corrected chi connectivity index (χ1v) is 7.49. The van der Waals surface area contributed by atoms with Gasteiger partial charge in [0.15, 0.2) is 0 Å². The van der Waals surface area contributed by atoms with Crippen molar-refractivity contribution in [1.29, 1.82) is 0 Å². The molecule has 0 spiro atoms. The van der Waals surface area contributed by atoms with Crippen LogP contribution in [0.4, 0.5) is 5.69 Å². The highest BCUT2D eigenvalue weighted by molar-refractivity contribution is 6.31. The van der Waals surface area contributed by atoms with Crippen molar-refractivity contribution in [2.75, 3.05) is 5.32 Å². The second kappa shape index (κ2) is 5.97. The molecule has 0 aromatic heterocycles. The van der Waals surface area contributed by atoms with E-state index in [4.69, 9.17) is 11.6 Å². The molecule has 18 heavy (non-hydrogen) atoms. The summed E-state index contributed by atoms with van der Waals surface area (Å²) in [6.45, 7) is 6.78. The number of nitrogens with one attached hydrogen (secondary N) is 1. The number of anilines is 1. The number of hydrogen-bond acceptors (Lipinski definition) is 1. The van der Waals surface area contributed by atoms with Crippen molar-refractivity contribution in [1.82, 2.24) is 0 Å².